The van der Waals surface area contributed by atoms with Gasteiger partial charge in [0.1, 0.15) is 18.2 Å². The summed E-state index contributed by atoms with van der Waals surface area (Å²) in [5.41, 5.74) is 2.20. The Kier molecular flexibility index (Phi) is 7.55. The first kappa shape index (κ1) is 25.3. The molecule has 4 nitrogen and oxygen atoms in total. The number of carbonyl (C=O) groups is 1. The third-order valence-corrected chi connectivity index (χ3v) is 6.36. The van der Waals surface area contributed by atoms with Crippen molar-refractivity contribution in [2.24, 2.45) is 16.8 Å². The normalized spacial score (nSPS) is 18.0. The Bertz CT molecular complexity index is 1120. The van der Waals surface area contributed by atoms with E-state index in [1.165, 1.54) is 17.7 Å². The number of alkyl halides is 3. The molecule has 0 bridgehead atoms. The summed E-state index contributed by atoms with van der Waals surface area (Å²) in [5.74, 6) is 1.74. The van der Waals surface area contributed by atoms with Crippen LogP contribution in [0.15, 0.2) is 64.8 Å². The van der Waals surface area contributed by atoms with Crippen LogP contribution in [0.3, 0.4) is 0 Å². The molecule has 2 aromatic carbocycles. The summed E-state index contributed by atoms with van der Waals surface area (Å²) in [4.78, 5) is 17.3. The van der Waals surface area contributed by atoms with Crippen molar-refractivity contribution in [1.82, 2.24) is 5.32 Å². The molecule has 4 rings (SSSR count). The third kappa shape index (κ3) is 6.88. The van der Waals surface area contributed by atoms with Crippen molar-refractivity contribution >= 4 is 23.2 Å². The van der Waals surface area contributed by atoms with Crippen molar-refractivity contribution in [1.29, 1.82) is 0 Å². The van der Waals surface area contributed by atoms with Crippen LogP contribution in [0.4, 0.5) is 13.2 Å². The second-order valence-corrected chi connectivity index (χ2v) is 10.0. The molecular formula is C27H28ClF3N2O2. The van der Waals surface area contributed by atoms with E-state index in [1.807, 2.05) is 0 Å². The highest BCUT2D eigenvalue weighted by Gasteiger charge is 2.38. The van der Waals surface area contributed by atoms with Gasteiger partial charge < -0.3 is 10.1 Å². The van der Waals surface area contributed by atoms with Crippen molar-refractivity contribution in [3.63, 3.8) is 0 Å². The molecule has 2 unspecified atom stereocenters. The first-order valence-electron chi connectivity index (χ1n) is 11.7. The largest absolute Gasteiger partial charge is 0.486 e. The molecule has 0 saturated heterocycles. The highest BCUT2D eigenvalue weighted by atomic mass is 35.5. The molecule has 1 aliphatic carbocycles. The molecule has 8 heteroatoms. The van der Waals surface area contributed by atoms with E-state index in [-0.39, 0.29) is 24.3 Å². The van der Waals surface area contributed by atoms with Crippen molar-refractivity contribution in [3.8, 4) is 5.75 Å². The molecular weight excluding hydrogens is 477 g/mol. The molecule has 0 radical (unpaired) electrons. The van der Waals surface area contributed by atoms with Gasteiger partial charge in [-0.15, -0.1) is 0 Å². The third-order valence-electron chi connectivity index (χ3n) is 6.11. The number of carbonyl (C=O) groups excluding carboxylic acids is 1. The van der Waals surface area contributed by atoms with Crippen LogP contribution in [0.1, 0.15) is 50.7 Å². The minimum Gasteiger partial charge on any atom is -0.486 e. The summed E-state index contributed by atoms with van der Waals surface area (Å²) in [6.07, 6.45) is -1.57. The summed E-state index contributed by atoms with van der Waals surface area (Å²) in [6, 6.07) is 12.0. The number of nitrogens with one attached hydrogen (secondary N) is 1. The van der Waals surface area contributed by atoms with Crippen LogP contribution in [-0.2, 0) is 11.0 Å². The number of amidine groups is 1. The van der Waals surface area contributed by atoms with Gasteiger partial charge in [0, 0.05) is 22.7 Å². The number of fused-ring (bicyclic) bond motifs is 1. The van der Waals surface area contributed by atoms with E-state index in [9.17, 15) is 18.0 Å². The number of Topliss-reactive ketones (excluding diaryl/α,β-unsaturated/α-hetero) is 1. The SMILES string of the molecule is CC(C)CC(CC(=O)COc1ccc(Cl)cc1)CC1=C2CC2N=C(c2ccc(C(F)(F)F)cc2)N1. The van der Waals surface area contributed by atoms with Gasteiger partial charge in [0.05, 0.1) is 11.6 Å². The van der Waals surface area contributed by atoms with Gasteiger partial charge in [0.2, 0.25) is 0 Å². The van der Waals surface area contributed by atoms with E-state index < -0.39 is 11.7 Å². The first-order valence-corrected chi connectivity index (χ1v) is 12.1. The van der Waals surface area contributed by atoms with Crippen molar-refractivity contribution in [3.05, 3.63) is 76.0 Å². The van der Waals surface area contributed by atoms with E-state index in [2.05, 4.69) is 24.2 Å². The molecule has 0 spiro atoms. The molecule has 0 aromatic heterocycles. The van der Waals surface area contributed by atoms with Crippen LogP contribution in [0.25, 0.3) is 0 Å². The van der Waals surface area contributed by atoms with Crippen LogP contribution < -0.4 is 10.1 Å². The van der Waals surface area contributed by atoms with Crippen LogP contribution in [0.5, 0.6) is 5.75 Å². The smallest absolute Gasteiger partial charge is 0.416 e. The van der Waals surface area contributed by atoms with Crippen molar-refractivity contribution in [2.45, 2.75) is 51.7 Å². The number of allylic oxidation sites excluding steroid dienone is 1. The lowest BCUT2D eigenvalue weighted by molar-refractivity contribution is -0.137. The fourth-order valence-electron chi connectivity index (χ4n) is 4.42. The number of benzene rings is 2. The van der Waals surface area contributed by atoms with Crippen LogP contribution in [0.2, 0.25) is 5.02 Å². The Morgan fingerprint density at radius 3 is 2.46 bits per heavy atom. The maximum atomic E-state index is 12.9. The first-order chi connectivity index (χ1) is 16.6. The molecule has 1 N–H and O–H groups in total. The number of aliphatic imine (C=N–C) groups is 1. The molecule has 1 saturated carbocycles. The molecule has 2 aromatic rings. The zero-order chi connectivity index (χ0) is 25.2. The van der Waals surface area contributed by atoms with Gasteiger partial charge >= 0.3 is 6.18 Å². The number of rotatable bonds is 10. The zero-order valence-corrected chi connectivity index (χ0v) is 20.4. The second kappa shape index (κ2) is 10.4. The van der Waals surface area contributed by atoms with Crippen LogP contribution in [0, 0.1) is 11.8 Å². The molecule has 1 fully saturated rings. The van der Waals surface area contributed by atoms with E-state index >= 15 is 0 Å². The number of halogens is 4. The van der Waals surface area contributed by atoms with E-state index in [0.717, 1.165) is 30.7 Å². The summed E-state index contributed by atoms with van der Waals surface area (Å²) in [5, 5.41) is 3.96. The number of ketones is 1. The van der Waals surface area contributed by atoms with Gasteiger partial charge in [0.15, 0.2) is 5.78 Å². The zero-order valence-electron chi connectivity index (χ0n) is 19.7. The standard InChI is InChI=1S/C27H28ClF3N2O2/c1-16(2)11-17(12-21(34)15-35-22-9-7-20(28)8-10-22)13-24-23-14-25(23)33-26(32-24)18-3-5-19(6-4-18)27(29,30)31/h3-10,16-17,25H,11-15H2,1-2H3,(H,32,33). The highest BCUT2D eigenvalue weighted by molar-refractivity contribution is 6.30. The molecule has 35 heavy (non-hydrogen) atoms. The highest BCUT2D eigenvalue weighted by Crippen LogP contribution is 2.41. The van der Waals surface area contributed by atoms with E-state index in [4.69, 9.17) is 16.3 Å². The Hall–Kier alpha value is -2.80. The van der Waals surface area contributed by atoms with Gasteiger partial charge in [-0.05, 0) is 73.1 Å². The Labute approximate surface area is 208 Å². The maximum Gasteiger partial charge on any atom is 0.416 e. The van der Waals surface area contributed by atoms with Gasteiger partial charge in [-0.25, -0.2) is 0 Å². The van der Waals surface area contributed by atoms with Crippen LogP contribution in [-0.4, -0.2) is 24.3 Å². The lowest BCUT2D eigenvalue weighted by Gasteiger charge is -2.23. The fourth-order valence-corrected chi connectivity index (χ4v) is 4.55. The average molecular weight is 505 g/mol. The van der Waals surface area contributed by atoms with Crippen molar-refractivity contribution < 1.29 is 22.7 Å². The van der Waals surface area contributed by atoms with Gasteiger partial charge in [-0.1, -0.05) is 37.6 Å². The topological polar surface area (TPSA) is 50.7 Å². The number of hydrogen-bond donors (Lipinski definition) is 1. The van der Waals surface area contributed by atoms with Crippen molar-refractivity contribution in [2.75, 3.05) is 6.61 Å². The molecule has 1 aliphatic heterocycles. The van der Waals surface area contributed by atoms with Crippen LogP contribution >= 0.6 is 11.6 Å². The quantitative estimate of drug-likeness (QED) is 0.386. The summed E-state index contributed by atoms with van der Waals surface area (Å²) in [6.45, 7) is 4.25. The molecule has 2 atom stereocenters. The minimum atomic E-state index is -4.37. The molecule has 186 valence electrons. The lowest BCUT2D eigenvalue weighted by Crippen LogP contribution is -2.29. The van der Waals surface area contributed by atoms with Gasteiger partial charge in [-0.2, -0.15) is 13.2 Å². The predicted octanol–water partition coefficient (Wildman–Crippen LogP) is 6.83. The average Bonchev–Trinajstić information content (AvgIpc) is 3.58. The van der Waals surface area contributed by atoms with E-state index in [0.29, 0.717) is 40.9 Å². The second-order valence-electron chi connectivity index (χ2n) is 9.59. The molecule has 2 aliphatic rings. The Morgan fingerprint density at radius 2 is 1.83 bits per heavy atom. The maximum absolute atomic E-state index is 12.9. The Balaban J connectivity index is 1.38. The predicted molar refractivity (Wildman–Crippen MR) is 131 cm³/mol. The number of ether oxygens (including phenoxy) is 1. The lowest BCUT2D eigenvalue weighted by atomic mass is 9.88. The molecule has 0 amide bonds. The fraction of sp³-hybridized carbons (Fsp3) is 0.407. The minimum absolute atomic E-state index is 0.00352. The van der Waals surface area contributed by atoms with Gasteiger partial charge in [0.25, 0.3) is 0 Å². The summed E-state index contributed by atoms with van der Waals surface area (Å²) >= 11 is 5.89. The summed E-state index contributed by atoms with van der Waals surface area (Å²) in [7, 11) is 0. The van der Waals surface area contributed by atoms with Gasteiger partial charge in [-0.3, -0.25) is 9.79 Å². The number of nitrogens with zero attached hydrogens (tertiary/aromatic N) is 1. The summed E-state index contributed by atoms with van der Waals surface area (Å²) < 4.78 is 44.4. The molecule has 1 heterocycles. The Morgan fingerprint density at radius 1 is 1.14 bits per heavy atom. The monoisotopic (exact) mass is 504 g/mol. The van der Waals surface area contributed by atoms with E-state index in [1.54, 1.807) is 24.3 Å². The number of hydrogen-bond acceptors (Lipinski definition) is 4.